The molecule has 0 saturated heterocycles. The molecule has 2 unspecified atom stereocenters. The molecule has 0 bridgehead atoms. The predicted octanol–water partition coefficient (Wildman–Crippen LogP) is 5.11. The van der Waals surface area contributed by atoms with Crippen LogP contribution in [-0.4, -0.2) is 15.3 Å². The van der Waals surface area contributed by atoms with E-state index in [1.165, 1.54) is 12.1 Å². The average molecular weight is 456 g/mol. The SMILES string of the molecule is Cc1c(Br)cc(C(O)c2c(C(C)O)oc3ccc(O)cc23)cc1Br. The van der Waals surface area contributed by atoms with Gasteiger partial charge in [-0.15, -0.1) is 0 Å². The number of phenolic OH excluding ortho intramolecular Hbond substituents is 1. The highest BCUT2D eigenvalue weighted by Crippen LogP contribution is 2.40. The van der Waals surface area contributed by atoms with Crippen molar-refractivity contribution in [3.63, 3.8) is 0 Å². The maximum atomic E-state index is 10.9. The number of benzene rings is 2. The summed E-state index contributed by atoms with van der Waals surface area (Å²) in [6.07, 6.45) is -1.90. The molecule has 0 aliphatic rings. The molecule has 0 aliphatic carbocycles. The van der Waals surface area contributed by atoms with Gasteiger partial charge < -0.3 is 19.7 Å². The zero-order valence-corrected chi connectivity index (χ0v) is 16.2. The number of furan rings is 1. The predicted molar refractivity (Wildman–Crippen MR) is 99.2 cm³/mol. The number of halogens is 2. The number of hydrogen-bond donors (Lipinski definition) is 3. The lowest BCUT2D eigenvalue weighted by Crippen LogP contribution is -2.04. The number of fused-ring (bicyclic) bond motifs is 1. The lowest BCUT2D eigenvalue weighted by Gasteiger charge is -2.15. The average Bonchev–Trinajstić information content (AvgIpc) is 2.90. The number of phenols is 1. The Morgan fingerprint density at radius 3 is 2.25 bits per heavy atom. The van der Waals surface area contributed by atoms with Gasteiger partial charge in [0.15, 0.2) is 0 Å². The van der Waals surface area contributed by atoms with Crippen LogP contribution in [0, 0.1) is 6.92 Å². The van der Waals surface area contributed by atoms with Gasteiger partial charge in [-0.05, 0) is 55.3 Å². The van der Waals surface area contributed by atoms with Crippen LogP contribution in [0.15, 0.2) is 43.7 Å². The Hall–Kier alpha value is -1.34. The number of rotatable bonds is 3. The standard InChI is InChI=1S/C18H16Br2O4/c1-8-13(19)5-10(6-14(8)20)17(23)16-12-7-11(22)3-4-15(12)24-18(16)9(2)21/h3-7,9,17,21-23H,1-2H3. The molecule has 6 heteroatoms. The van der Waals surface area contributed by atoms with E-state index in [0.29, 0.717) is 22.1 Å². The van der Waals surface area contributed by atoms with Gasteiger partial charge in [0, 0.05) is 19.9 Å². The first-order valence-electron chi connectivity index (χ1n) is 7.36. The fourth-order valence-corrected chi connectivity index (χ4v) is 3.93. The second-order valence-electron chi connectivity index (χ2n) is 5.75. The first-order valence-corrected chi connectivity index (χ1v) is 8.95. The summed E-state index contributed by atoms with van der Waals surface area (Å²) in [6, 6.07) is 8.32. The molecule has 2 atom stereocenters. The van der Waals surface area contributed by atoms with E-state index in [9.17, 15) is 15.3 Å². The lowest BCUT2D eigenvalue weighted by atomic mass is 9.96. The highest BCUT2D eigenvalue weighted by atomic mass is 79.9. The minimum absolute atomic E-state index is 0.0696. The van der Waals surface area contributed by atoms with Gasteiger partial charge in [-0.2, -0.15) is 0 Å². The highest BCUT2D eigenvalue weighted by molar-refractivity contribution is 9.11. The van der Waals surface area contributed by atoms with Crippen molar-refractivity contribution in [3.8, 4) is 5.75 Å². The molecule has 3 rings (SSSR count). The largest absolute Gasteiger partial charge is 0.508 e. The first-order chi connectivity index (χ1) is 11.3. The van der Waals surface area contributed by atoms with E-state index >= 15 is 0 Å². The van der Waals surface area contributed by atoms with Crippen LogP contribution in [0.2, 0.25) is 0 Å². The summed E-state index contributed by atoms with van der Waals surface area (Å²) in [5.74, 6) is 0.357. The zero-order chi connectivity index (χ0) is 17.6. The van der Waals surface area contributed by atoms with Crippen LogP contribution in [0.3, 0.4) is 0 Å². The van der Waals surface area contributed by atoms with E-state index in [4.69, 9.17) is 4.42 Å². The third kappa shape index (κ3) is 2.99. The van der Waals surface area contributed by atoms with E-state index in [-0.39, 0.29) is 11.5 Å². The second-order valence-corrected chi connectivity index (χ2v) is 7.46. The summed E-state index contributed by atoms with van der Waals surface area (Å²) in [4.78, 5) is 0. The van der Waals surface area contributed by atoms with Crippen LogP contribution in [0.25, 0.3) is 11.0 Å². The van der Waals surface area contributed by atoms with Crippen molar-refractivity contribution in [2.24, 2.45) is 0 Å². The quantitative estimate of drug-likeness (QED) is 0.513. The Balaban J connectivity index is 2.24. The van der Waals surface area contributed by atoms with Gasteiger partial charge >= 0.3 is 0 Å². The monoisotopic (exact) mass is 454 g/mol. The first kappa shape index (κ1) is 17.5. The molecular formula is C18H16Br2O4. The molecule has 0 fully saturated rings. The van der Waals surface area contributed by atoms with Crippen molar-refractivity contribution in [1.29, 1.82) is 0 Å². The van der Waals surface area contributed by atoms with Crippen LogP contribution in [0.1, 0.15) is 41.6 Å². The minimum atomic E-state index is -1.01. The molecule has 1 heterocycles. The molecular weight excluding hydrogens is 440 g/mol. The van der Waals surface area contributed by atoms with Gasteiger partial charge in [0.1, 0.15) is 29.3 Å². The molecule has 1 aromatic heterocycles. The Bertz CT molecular complexity index is 892. The van der Waals surface area contributed by atoms with Gasteiger partial charge in [0.25, 0.3) is 0 Å². The third-order valence-corrected chi connectivity index (χ3v) is 5.66. The summed E-state index contributed by atoms with van der Waals surface area (Å²) >= 11 is 6.97. The van der Waals surface area contributed by atoms with Gasteiger partial charge in [0.05, 0.1) is 0 Å². The fraction of sp³-hybridized carbons (Fsp3) is 0.222. The number of aliphatic hydroxyl groups is 2. The Labute approximate surface area is 156 Å². The Kier molecular flexibility index (Phi) is 4.75. The number of aromatic hydroxyl groups is 1. The molecule has 24 heavy (non-hydrogen) atoms. The summed E-state index contributed by atoms with van der Waals surface area (Å²) in [5, 5.41) is 31.3. The van der Waals surface area contributed by atoms with E-state index in [1.54, 1.807) is 13.0 Å². The van der Waals surface area contributed by atoms with Crippen LogP contribution in [0.5, 0.6) is 5.75 Å². The van der Waals surface area contributed by atoms with Crippen LogP contribution in [-0.2, 0) is 0 Å². The van der Waals surface area contributed by atoms with Crippen molar-refractivity contribution in [2.75, 3.05) is 0 Å². The van der Waals surface area contributed by atoms with Gasteiger partial charge in [-0.25, -0.2) is 0 Å². The van der Waals surface area contributed by atoms with Crippen molar-refractivity contribution in [2.45, 2.75) is 26.1 Å². The van der Waals surface area contributed by atoms with Crippen LogP contribution in [0.4, 0.5) is 0 Å². The summed E-state index contributed by atoms with van der Waals surface area (Å²) in [6.45, 7) is 3.53. The Morgan fingerprint density at radius 1 is 1.04 bits per heavy atom. The van der Waals surface area contributed by atoms with Gasteiger partial charge in [-0.3, -0.25) is 0 Å². The summed E-state index contributed by atoms with van der Waals surface area (Å²) < 4.78 is 7.42. The fourth-order valence-electron chi connectivity index (χ4n) is 2.71. The van der Waals surface area contributed by atoms with Crippen molar-refractivity contribution >= 4 is 42.8 Å². The van der Waals surface area contributed by atoms with Crippen LogP contribution < -0.4 is 0 Å². The normalized spacial score (nSPS) is 14.1. The minimum Gasteiger partial charge on any atom is -0.508 e. The van der Waals surface area contributed by atoms with E-state index in [0.717, 1.165) is 14.5 Å². The van der Waals surface area contributed by atoms with E-state index in [1.807, 2.05) is 19.1 Å². The van der Waals surface area contributed by atoms with Crippen molar-refractivity contribution in [1.82, 2.24) is 0 Å². The van der Waals surface area contributed by atoms with E-state index in [2.05, 4.69) is 31.9 Å². The van der Waals surface area contributed by atoms with Crippen LogP contribution >= 0.6 is 31.9 Å². The molecule has 0 saturated carbocycles. The third-order valence-electron chi connectivity index (χ3n) is 4.01. The Morgan fingerprint density at radius 2 is 1.67 bits per heavy atom. The highest BCUT2D eigenvalue weighted by Gasteiger charge is 2.26. The van der Waals surface area contributed by atoms with E-state index < -0.39 is 12.2 Å². The maximum absolute atomic E-state index is 10.9. The van der Waals surface area contributed by atoms with Gasteiger partial charge in [-0.1, -0.05) is 31.9 Å². The molecule has 3 N–H and O–H groups in total. The molecule has 0 aliphatic heterocycles. The number of aliphatic hydroxyl groups excluding tert-OH is 2. The molecule has 3 aromatic rings. The van der Waals surface area contributed by atoms with Crippen molar-refractivity contribution < 1.29 is 19.7 Å². The summed E-state index contributed by atoms with van der Waals surface area (Å²) in [7, 11) is 0. The molecule has 0 spiro atoms. The molecule has 0 amide bonds. The molecule has 4 nitrogen and oxygen atoms in total. The molecule has 2 aromatic carbocycles. The molecule has 126 valence electrons. The number of hydrogen-bond acceptors (Lipinski definition) is 4. The molecule has 0 radical (unpaired) electrons. The van der Waals surface area contributed by atoms with Gasteiger partial charge in [0.2, 0.25) is 0 Å². The lowest BCUT2D eigenvalue weighted by molar-refractivity contribution is 0.160. The summed E-state index contributed by atoms with van der Waals surface area (Å²) in [5.41, 5.74) is 2.63. The van der Waals surface area contributed by atoms with Crippen molar-refractivity contribution in [3.05, 3.63) is 61.7 Å². The maximum Gasteiger partial charge on any atom is 0.139 e. The second kappa shape index (κ2) is 6.52. The zero-order valence-electron chi connectivity index (χ0n) is 13.0. The smallest absolute Gasteiger partial charge is 0.139 e. The topological polar surface area (TPSA) is 73.8 Å².